The van der Waals surface area contributed by atoms with Gasteiger partial charge in [0, 0.05) is 0 Å². The Kier molecular flexibility index (Phi) is 3.08. The number of rotatable bonds is 2. The van der Waals surface area contributed by atoms with Gasteiger partial charge in [-0.3, -0.25) is 10.1 Å². The highest BCUT2D eigenvalue weighted by atomic mass is 19.2. The van der Waals surface area contributed by atoms with Crippen molar-refractivity contribution in [3.63, 3.8) is 0 Å². The van der Waals surface area contributed by atoms with E-state index in [0.29, 0.717) is 6.07 Å². The van der Waals surface area contributed by atoms with Crippen LogP contribution in [0.15, 0.2) is 12.1 Å². The molecule has 0 atom stereocenters. The van der Waals surface area contributed by atoms with E-state index in [1.54, 1.807) is 0 Å². The molecule has 0 fully saturated rings. The number of nitrogens with zero attached hydrogens (tertiary/aromatic N) is 1. The molecule has 0 aliphatic carbocycles. The van der Waals surface area contributed by atoms with Gasteiger partial charge in [-0.1, -0.05) is 12.2 Å². The summed E-state index contributed by atoms with van der Waals surface area (Å²) in [6, 6.07) is 0.580. The second-order valence-corrected chi connectivity index (χ2v) is 2.68. The monoisotopic (exact) mass is 217 g/mol. The highest BCUT2D eigenvalue weighted by Crippen LogP contribution is 2.27. The van der Waals surface area contributed by atoms with Crippen LogP contribution in [0.2, 0.25) is 0 Å². The van der Waals surface area contributed by atoms with Crippen molar-refractivity contribution >= 4 is 11.8 Å². The Morgan fingerprint density at radius 1 is 1.33 bits per heavy atom. The van der Waals surface area contributed by atoms with E-state index in [4.69, 9.17) is 0 Å². The van der Waals surface area contributed by atoms with Crippen LogP contribution < -0.4 is 0 Å². The third kappa shape index (κ3) is 1.98. The molecule has 3 nitrogen and oxygen atoms in total. The molecule has 6 heteroatoms. The molecule has 0 unspecified atom stereocenters. The minimum absolute atomic E-state index is 0.307. The van der Waals surface area contributed by atoms with E-state index in [1.807, 2.05) is 0 Å². The molecule has 0 amide bonds. The van der Waals surface area contributed by atoms with Gasteiger partial charge in [-0.25, -0.2) is 8.78 Å². The Balaban J connectivity index is 3.57. The lowest BCUT2D eigenvalue weighted by molar-refractivity contribution is -0.388. The zero-order valence-electron chi connectivity index (χ0n) is 7.63. The summed E-state index contributed by atoms with van der Waals surface area (Å²) >= 11 is 0. The van der Waals surface area contributed by atoms with Crippen molar-refractivity contribution in [3.8, 4) is 0 Å². The van der Waals surface area contributed by atoms with Crippen molar-refractivity contribution < 1.29 is 18.1 Å². The molecule has 0 bridgehead atoms. The molecule has 80 valence electrons. The second kappa shape index (κ2) is 4.12. The lowest BCUT2D eigenvalue weighted by Crippen LogP contribution is -2.01. The Morgan fingerprint density at radius 2 is 1.93 bits per heavy atom. The molecule has 0 saturated heterocycles. The van der Waals surface area contributed by atoms with Crippen LogP contribution in [0.25, 0.3) is 6.08 Å². The summed E-state index contributed by atoms with van der Waals surface area (Å²) in [7, 11) is 0. The SMILES string of the molecule is C/C=C/c1cc(F)c(F)c(F)c1[N+](=O)[O-]. The summed E-state index contributed by atoms with van der Waals surface area (Å²) in [5, 5.41) is 10.4. The molecule has 1 aromatic rings. The van der Waals surface area contributed by atoms with Crippen molar-refractivity contribution in [2.75, 3.05) is 0 Å². The van der Waals surface area contributed by atoms with Gasteiger partial charge in [-0.15, -0.1) is 0 Å². The summed E-state index contributed by atoms with van der Waals surface area (Å²) in [5.41, 5.74) is -1.37. The van der Waals surface area contributed by atoms with Crippen LogP contribution in [0, 0.1) is 27.6 Å². The van der Waals surface area contributed by atoms with E-state index in [0.717, 1.165) is 6.08 Å². The van der Waals surface area contributed by atoms with E-state index in [9.17, 15) is 23.3 Å². The number of hydrogen-bond donors (Lipinski definition) is 0. The van der Waals surface area contributed by atoms with Crippen LogP contribution in [0.1, 0.15) is 12.5 Å². The van der Waals surface area contributed by atoms with Gasteiger partial charge in [0.2, 0.25) is 11.6 Å². The summed E-state index contributed by atoms with van der Waals surface area (Å²) < 4.78 is 38.4. The Hall–Kier alpha value is -1.85. The number of hydrogen-bond acceptors (Lipinski definition) is 2. The van der Waals surface area contributed by atoms with Crippen LogP contribution in [0.3, 0.4) is 0 Å². The summed E-state index contributed by atoms with van der Waals surface area (Å²) in [6.45, 7) is 1.52. The Morgan fingerprint density at radius 3 is 2.40 bits per heavy atom. The quantitative estimate of drug-likeness (QED) is 0.434. The lowest BCUT2D eigenvalue weighted by Gasteiger charge is -2.01. The average molecular weight is 217 g/mol. The zero-order chi connectivity index (χ0) is 11.6. The van der Waals surface area contributed by atoms with Gasteiger partial charge in [0.1, 0.15) is 0 Å². The number of benzene rings is 1. The molecular formula is C9H6F3NO2. The third-order valence-corrected chi connectivity index (χ3v) is 1.69. The molecule has 0 aliphatic rings. The molecule has 0 saturated carbocycles. The van der Waals surface area contributed by atoms with Crippen molar-refractivity contribution in [1.82, 2.24) is 0 Å². The first-order valence-corrected chi connectivity index (χ1v) is 3.93. The number of allylic oxidation sites excluding steroid dienone is 1. The topological polar surface area (TPSA) is 43.1 Å². The first-order valence-electron chi connectivity index (χ1n) is 3.93. The Bertz CT molecular complexity index is 443. The van der Waals surface area contributed by atoms with E-state index in [2.05, 4.69) is 0 Å². The standard InChI is InChI=1S/C9H6F3NO2/c1-2-3-5-4-6(10)7(11)8(12)9(5)13(14)15/h2-4H,1H3/b3-2+. The second-order valence-electron chi connectivity index (χ2n) is 2.68. The fraction of sp³-hybridized carbons (Fsp3) is 0.111. The van der Waals surface area contributed by atoms with E-state index in [-0.39, 0.29) is 5.56 Å². The summed E-state index contributed by atoms with van der Waals surface area (Å²) in [5.74, 6) is -5.07. The minimum atomic E-state index is -1.84. The molecule has 1 aromatic carbocycles. The predicted octanol–water partition coefficient (Wildman–Crippen LogP) is 3.05. The van der Waals surface area contributed by atoms with Crippen LogP contribution >= 0.6 is 0 Å². The van der Waals surface area contributed by atoms with Crippen LogP contribution in [0.5, 0.6) is 0 Å². The molecule has 0 heterocycles. The van der Waals surface area contributed by atoms with Crippen LogP contribution in [-0.4, -0.2) is 4.92 Å². The van der Waals surface area contributed by atoms with E-state index in [1.165, 1.54) is 13.0 Å². The lowest BCUT2D eigenvalue weighted by atomic mass is 10.1. The molecule has 0 radical (unpaired) electrons. The minimum Gasteiger partial charge on any atom is -0.258 e. The normalized spacial score (nSPS) is 10.9. The Labute approximate surface area is 83.0 Å². The van der Waals surface area contributed by atoms with Crippen LogP contribution in [-0.2, 0) is 0 Å². The highest BCUT2D eigenvalue weighted by molar-refractivity contribution is 5.61. The average Bonchev–Trinajstić information content (AvgIpc) is 2.14. The molecule has 0 aliphatic heterocycles. The fourth-order valence-electron chi connectivity index (χ4n) is 1.10. The largest absolute Gasteiger partial charge is 0.315 e. The maximum absolute atomic E-state index is 13.0. The van der Waals surface area contributed by atoms with Gasteiger partial charge in [0.15, 0.2) is 5.82 Å². The summed E-state index contributed by atoms with van der Waals surface area (Å²) in [4.78, 5) is 9.33. The fourth-order valence-corrected chi connectivity index (χ4v) is 1.10. The van der Waals surface area contributed by atoms with E-state index < -0.39 is 28.1 Å². The number of nitro benzene ring substituents is 1. The maximum Gasteiger partial charge on any atom is 0.315 e. The van der Waals surface area contributed by atoms with Crippen molar-refractivity contribution in [2.45, 2.75) is 6.92 Å². The summed E-state index contributed by atoms with van der Waals surface area (Å²) in [6.07, 6.45) is 2.49. The van der Waals surface area contributed by atoms with Gasteiger partial charge in [-0.05, 0) is 13.0 Å². The van der Waals surface area contributed by atoms with Gasteiger partial charge in [0.25, 0.3) is 0 Å². The number of nitro groups is 1. The smallest absolute Gasteiger partial charge is 0.258 e. The zero-order valence-corrected chi connectivity index (χ0v) is 7.63. The van der Waals surface area contributed by atoms with E-state index >= 15 is 0 Å². The molecular weight excluding hydrogens is 211 g/mol. The van der Waals surface area contributed by atoms with Gasteiger partial charge in [-0.2, -0.15) is 4.39 Å². The van der Waals surface area contributed by atoms with Gasteiger partial charge in [0.05, 0.1) is 10.5 Å². The molecule has 0 aromatic heterocycles. The molecule has 1 rings (SSSR count). The maximum atomic E-state index is 13.0. The highest BCUT2D eigenvalue weighted by Gasteiger charge is 2.25. The van der Waals surface area contributed by atoms with Crippen LogP contribution in [0.4, 0.5) is 18.9 Å². The van der Waals surface area contributed by atoms with Gasteiger partial charge < -0.3 is 0 Å². The van der Waals surface area contributed by atoms with Gasteiger partial charge >= 0.3 is 5.69 Å². The van der Waals surface area contributed by atoms with Crippen molar-refractivity contribution in [1.29, 1.82) is 0 Å². The van der Waals surface area contributed by atoms with Crippen molar-refractivity contribution in [3.05, 3.63) is 45.3 Å². The third-order valence-electron chi connectivity index (χ3n) is 1.69. The van der Waals surface area contributed by atoms with Crippen molar-refractivity contribution in [2.24, 2.45) is 0 Å². The first kappa shape index (κ1) is 11.2. The molecule has 15 heavy (non-hydrogen) atoms. The predicted molar refractivity (Wildman–Crippen MR) is 47.7 cm³/mol. The number of halogens is 3. The molecule has 0 N–H and O–H groups in total. The first-order chi connectivity index (χ1) is 6.99. The molecule has 0 spiro atoms.